The normalized spacial score (nSPS) is 18.6. The van der Waals surface area contributed by atoms with Crippen molar-refractivity contribution in [2.75, 3.05) is 0 Å². The van der Waals surface area contributed by atoms with Gasteiger partial charge in [0.15, 0.2) is 0 Å². The van der Waals surface area contributed by atoms with Crippen molar-refractivity contribution in [3.8, 4) is 0 Å². The van der Waals surface area contributed by atoms with Gasteiger partial charge in [0.05, 0.1) is 16.2 Å². The third-order valence-electron chi connectivity index (χ3n) is 2.89. The quantitative estimate of drug-likeness (QED) is 0.770. The molecule has 0 bridgehead atoms. The van der Waals surface area contributed by atoms with Crippen LogP contribution in [-0.4, -0.2) is 11.4 Å². The Morgan fingerprint density at radius 2 is 2.50 bits per heavy atom. The van der Waals surface area contributed by atoms with Crippen LogP contribution in [-0.2, 0) is 16.8 Å². The van der Waals surface area contributed by atoms with E-state index in [9.17, 15) is 4.79 Å². The molecular weight excluding hydrogens is 196 g/mol. The highest BCUT2D eigenvalue weighted by atomic mass is 32.1. The molecule has 4 heteroatoms. The van der Waals surface area contributed by atoms with E-state index in [4.69, 9.17) is 0 Å². The van der Waals surface area contributed by atoms with E-state index in [0.29, 0.717) is 0 Å². The van der Waals surface area contributed by atoms with Crippen LogP contribution in [0.2, 0.25) is 0 Å². The van der Waals surface area contributed by atoms with Gasteiger partial charge in [0.2, 0.25) is 6.41 Å². The molecule has 1 amide bonds. The van der Waals surface area contributed by atoms with Crippen molar-refractivity contribution in [2.24, 2.45) is 0 Å². The smallest absolute Gasteiger partial charge is 0.207 e. The molecule has 3 nitrogen and oxygen atoms in total. The van der Waals surface area contributed by atoms with Gasteiger partial charge in [-0.25, -0.2) is 4.98 Å². The maximum absolute atomic E-state index is 10.5. The number of carbonyl (C=O) groups is 1. The summed E-state index contributed by atoms with van der Waals surface area (Å²) in [7, 11) is 0. The lowest BCUT2D eigenvalue weighted by Crippen LogP contribution is -2.47. The van der Waals surface area contributed by atoms with Crippen LogP contribution in [0.5, 0.6) is 0 Å². The molecule has 0 aromatic carbocycles. The van der Waals surface area contributed by atoms with Gasteiger partial charge in [0.1, 0.15) is 0 Å². The number of hydrogen-bond acceptors (Lipinski definition) is 3. The number of thiazole rings is 1. The number of aryl methyl sites for hydroxylation is 1. The molecule has 1 saturated carbocycles. The van der Waals surface area contributed by atoms with Crippen molar-refractivity contribution in [2.45, 2.75) is 38.1 Å². The van der Waals surface area contributed by atoms with Crippen molar-refractivity contribution in [3.05, 3.63) is 16.1 Å². The first-order valence-corrected chi connectivity index (χ1v) is 5.85. The van der Waals surface area contributed by atoms with Gasteiger partial charge in [-0.15, -0.1) is 11.3 Å². The molecule has 1 N–H and O–H groups in total. The number of aromatic nitrogens is 1. The molecule has 76 valence electrons. The molecule has 1 heterocycles. The first kappa shape index (κ1) is 9.65. The van der Waals surface area contributed by atoms with Gasteiger partial charge in [-0.2, -0.15) is 0 Å². The highest BCUT2D eigenvalue weighted by Gasteiger charge is 2.40. The maximum Gasteiger partial charge on any atom is 0.207 e. The molecule has 1 aromatic rings. The van der Waals surface area contributed by atoms with E-state index in [0.717, 1.165) is 36.4 Å². The third-order valence-corrected chi connectivity index (χ3v) is 3.88. The zero-order chi connectivity index (χ0) is 10.0. The average molecular weight is 210 g/mol. The molecule has 2 rings (SSSR count). The molecule has 1 aliphatic carbocycles. The van der Waals surface area contributed by atoms with Gasteiger partial charge >= 0.3 is 0 Å². The Labute approximate surface area is 87.6 Å². The number of rotatable bonds is 4. The van der Waals surface area contributed by atoms with Crippen LogP contribution in [0.1, 0.15) is 36.9 Å². The summed E-state index contributed by atoms with van der Waals surface area (Å²) in [5.74, 6) is 0. The molecule has 0 atom stereocenters. The Balaban J connectivity index is 2.22. The van der Waals surface area contributed by atoms with E-state index in [1.54, 1.807) is 11.3 Å². The molecule has 0 unspecified atom stereocenters. The number of carbonyl (C=O) groups excluding carboxylic acids is 1. The van der Waals surface area contributed by atoms with Gasteiger partial charge in [-0.05, 0) is 25.7 Å². The van der Waals surface area contributed by atoms with Gasteiger partial charge < -0.3 is 5.32 Å². The Bertz CT molecular complexity index is 331. The van der Waals surface area contributed by atoms with Crippen molar-refractivity contribution < 1.29 is 4.79 Å². The summed E-state index contributed by atoms with van der Waals surface area (Å²) in [6, 6.07) is 0. The first-order chi connectivity index (χ1) is 6.80. The standard InChI is InChI=1S/C10H14N2OS/c1-2-9-12-8(6-14-9)10(11-7-13)4-3-5-10/h6-7H,2-5H2,1H3,(H,11,13). The Morgan fingerprint density at radius 3 is 2.93 bits per heavy atom. The lowest BCUT2D eigenvalue weighted by atomic mass is 9.75. The van der Waals surface area contributed by atoms with Crippen molar-refractivity contribution >= 4 is 17.7 Å². The van der Waals surface area contributed by atoms with E-state index in [1.807, 2.05) is 0 Å². The summed E-state index contributed by atoms with van der Waals surface area (Å²) in [4.78, 5) is 15.1. The molecule has 1 aromatic heterocycles. The minimum Gasteiger partial charge on any atom is -0.348 e. The second kappa shape index (κ2) is 3.69. The number of hydrogen-bond donors (Lipinski definition) is 1. The predicted molar refractivity (Wildman–Crippen MR) is 56.2 cm³/mol. The van der Waals surface area contributed by atoms with Crippen LogP contribution < -0.4 is 5.32 Å². The molecule has 0 spiro atoms. The van der Waals surface area contributed by atoms with Crippen LogP contribution >= 0.6 is 11.3 Å². The molecule has 0 aliphatic heterocycles. The van der Waals surface area contributed by atoms with E-state index in [-0.39, 0.29) is 5.54 Å². The Hall–Kier alpha value is -0.900. The second-order valence-electron chi connectivity index (χ2n) is 3.68. The Morgan fingerprint density at radius 1 is 1.71 bits per heavy atom. The highest BCUT2D eigenvalue weighted by molar-refractivity contribution is 7.09. The van der Waals surface area contributed by atoms with Crippen LogP contribution in [0.4, 0.5) is 0 Å². The number of amides is 1. The molecule has 1 fully saturated rings. The van der Waals surface area contributed by atoms with Crippen molar-refractivity contribution in [1.82, 2.24) is 10.3 Å². The topological polar surface area (TPSA) is 42.0 Å². The molecule has 0 saturated heterocycles. The van der Waals surface area contributed by atoms with E-state index < -0.39 is 0 Å². The largest absolute Gasteiger partial charge is 0.348 e. The van der Waals surface area contributed by atoms with Crippen molar-refractivity contribution in [3.63, 3.8) is 0 Å². The minimum absolute atomic E-state index is 0.133. The molecule has 14 heavy (non-hydrogen) atoms. The van der Waals surface area contributed by atoms with E-state index in [2.05, 4.69) is 22.6 Å². The van der Waals surface area contributed by atoms with Crippen LogP contribution in [0.15, 0.2) is 5.38 Å². The van der Waals surface area contributed by atoms with E-state index >= 15 is 0 Å². The van der Waals surface area contributed by atoms with Crippen LogP contribution in [0.25, 0.3) is 0 Å². The van der Waals surface area contributed by atoms with Gasteiger partial charge in [0, 0.05) is 5.38 Å². The maximum atomic E-state index is 10.5. The van der Waals surface area contributed by atoms with Crippen LogP contribution in [0, 0.1) is 0 Å². The summed E-state index contributed by atoms with van der Waals surface area (Å²) in [6.45, 7) is 2.10. The summed E-state index contributed by atoms with van der Waals surface area (Å²) in [5.41, 5.74) is 0.920. The zero-order valence-corrected chi connectivity index (χ0v) is 9.06. The monoisotopic (exact) mass is 210 g/mol. The number of nitrogens with zero attached hydrogens (tertiary/aromatic N) is 1. The summed E-state index contributed by atoms with van der Waals surface area (Å²) >= 11 is 1.68. The lowest BCUT2D eigenvalue weighted by Gasteiger charge is -2.39. The summed E-state index contributed by atoms with van der Waals surface area (Å²) in [5, 5.41) is 6.14. The highest BCUT2D eigenvalue weighted by Crippen LogP contribution is 2.41. The first-order valence-electron chi connectivity index (χ1n) is 4.97. The molecule has 0 radical (unpaired) electrons. The van der Waals surface area contributed by atoms with Crippen molar-refractivity contribution in [1.29, 1.82) is 0 Å². The second-order valence-corrected chi connectivity index (χ2v) is 4.62. The third kappa shape index (κ3) is 1.43. The minimum atomic E-state index is -0.133. The lowest BCUT2D eigenvalue weighted by molar-refractivity contribution is -0.112. The fourth-order valence-electron chi connectivity index (χ4n) is 1.81. The zero-order valence-electron chi connectivity index (χ0n) is 8.25. The Kier molecular flexibility index (Phi) is 2.54. The fraction of sp³-hybridized carbons (Fsp3) is 0.600. The SMILES string of the molecule is CCc1nc(C2(NC=O)CCC2)cs1. The molecule has 1 aliphatic rings. The predicted octanol–water partition coefficient (Wildman–Crippen LogP) is 1.83. The average Bonchev–Trinajstić information content (AvgIpc) is 2.59. The number of nitrogens with one attached hydrogen (secondary N) is 1. The summed E-state index contributed by atoms with van der Waals surface area (Å²) in [6.07, 6.45) is 5.00. The molecular formula is C10H14N2OS. The van der Waals surface area contributed by atoms with E-state index in [1.165, 1.54) is 6.42 Å². The van der Waals surface area contributed by atoms with Gasteiger partial charge in [-0.1, -0.05) is 6.92 Å². The fourth-order valence-corrected chi connectivity index (χ4v) is 2.65. The summed E-state index contributed by atoms with van der Waals surface area (Å²) < 4.78 is 0. The van der Waals surface area contributed by atoms with Crippen LogP contribution in [0.3, 0.4) is 0 Å². The van der Waals surface area contributed by atoms with Gasteiger partial charge in [0.25, 0.3) is 0 Å². The van der Waals surface area contributed by atoms with Gasteiger partial charge in [-0.3, -0.25) is 4.79 Å².